The van der Waals surface area contributed by atoms with E-state index in [2.05, 4.69) is 16.5 Å². The molecule has 0 unspecified atom stereocenters. The Morgan fingerprint density at radius 3 is 2.84 bits per heavy atom. The highest BCUT2D eigenvalue weighted by Gasteiger charge is 2.27. The Morgan fingerprint density at radius 1 is 1.53 bits per heavy atom. The molecule has 7 heteroatoms. The van der Waals surface area contributed by atoms with Gasteiger partial charge in [-0.3, -0.25) is 4.90 Å². The van der Waals surface area contributed by atoms with E-state index in [1.807, 2.05) is 0 Å². The lowest BCUT2D eigenvalue weighted by atomic mass is 10.4. The van der Waals surface area contributed by atoms with Crippen molar-refractivity contribution in [3.63, 3.8) is 0 Å². The number of sulfonamides is 1. The van der Waals surface area contributed by atoms with Crippen LogP contribution in [0.2, 0.25) is 0 Å². The largest absolute Gasteiger partial charge is 0.391 e. The fourth-order valence-electron chi connectivity index (χ4n) is 2.12. The van der Waals surface area contributed by atoms with Gasteiger partial charge < -0.3 is 5.11 Å². The average Bonchev–Trinajstić information content (AvgIpc) is 3.10. The Hall–Kier alpha value is -0.470. The van der Waals surface area contributed by atoms with Crippen LogP contribution in [0.4, 0.5) is 0 Å². The minimum Gasteiger partial charge on any atom is -0.391 e. The Kier molecular flexibility index (Phi) is 4.97. The van der Waals surface area contributed by atoms with Crippen molar-refractivity contribution in [2.45, 2.75) is 37.3 Å². The zero-order valence-electron chi connectivity index (χ0n) is 11.0. The van der Waals surface area contributed by atoms with Crippen LogP contribution < -0.4 is 4.72 Å². The molecule has 0 saturated heterocycles. The zero-order valence-corrected chi connectivity index (χ0v) is 12.6. The van der Waals surface area contributed by atoms with Crippen LogP contribution in [0.1, 0.15) is 24.6 Å². The van der Waals surface area contributed by atoms with Gasteiger partial charge in [0.05, 0.1) is 11.5 Å². The number of rotatable bonds is 8. The maximum Gasteiger partial charge on any atom is 0.241 e. The van der Waals surface area contributed by atoms with Gasteiger partial charge in [-0.1, -0.05) is 6.92 Å². The van der Waals surface area contributed by atoms with E-state index < -0.39 is 10.0 Å². The number of aliphatic hydroxyl groups is 1. The van der Waals surface area contributed by atoms with E-state index in [9.17, 15) is 8.42 Å². The van der Waals surface area contributed by atoms with E-state index in [4.69, 9.17) is 5.11 Å². The van der Waals surface area contributed by atoms with Crippen LogP contribution in [-0.4, -0.2) is 44.1 Å². The highest BCUT2D eigenvalue weighted by atomic mass is 32.2. The molecule has 0 bridgehead atoms. The van der Waals surface area contributed by atoms with Crippen molar-refractivity contribution in [2.75, 3.05) is 19.6 Å². The van der Waals surface area contributed by atoms with Crippen LogP contribution in [0.25, 0.3) is 0 Å². The molecular formula is C12H20N2O3S2. The molecule has 1 aliphatic rings. The van der Waals surface area contributed by atoms with Crippen molar-refractivity contribution < 1.29 is 13.5 Å². The van der Waals surface area contributed by atoms with Gasteiger partial charge in [0.2, 0.25) is 10.0 Å². The zero-order chi connectivity index (χ0) is 13.9. The molecule has 2 rings (SSSR count). The molecule has 1 aromatic rings. The molecule has 19 heavy (non-hydrogen) atoms. The van der Waals surface area contributed by atoms with E-state index in [0.717, 1.165) is 13.1 Å². The van der Waals surface area contributed by atoms with Gasteiger partial charge in [0.25, 0.3) is 0 Å². The number of thiophene rings is 1. The van der Waals surface area contributed by atoms with Crippen LogP contribution in [0, 0.1) is 0 Å². The summed E-state index contributed by atoms with van der Waals surface area (Å²) in [6.45, 7) is 3.95. The second-order valence-corrected chi connectivity index (χ2v) is 7.36. The molecule has 0 amide bonds. The van der Waals surface area contributed by atoms with Crippen molar-refractivity contribution in [1.82, 2.24) is 9.62 Å². The summed E-state index contributed by atoms with van der Waals surface area (Å²) in [4.78, 5) is 2.99. The fraction of sp³-hybridized carbons (Fsp3) is 0.667. The molecule has 0 aliphatic heterocycles. The first-order valence-electron chi connectivity index (χ1n) is 6.49. The molecule has 0 aromatic carbocycles. The van der Waals surface area contributed by atoms with E-state index in [1.165, 1.54) is 30.2 Å². The van der Waals surface area contributed by atoms with Gasteiger partial charge in [-0.05, 0) is 30.8 Å². The van der Waals surface area contributed by atoms with Crippen molar-refractivity contribution in [1.29, 1.82) is 0 Å². The van der Waals surface area contributed by atoms with Gasteiger partial charge in [0, 0.05) is 24.0 Å². The van der Waals surface area contributed by atoms with Gasteiger partial charge in [0.15, 0.2) is 0 Å². The number of nitrogens with zero attached hydrogens (tertiary/aromatic N) is 1. The van der Waals surface area contributed by atoms with Gasteiger partial charge >= 0.3 is 0 Å². The highest BCUT2D eigenvalue weighted by molar-refractivity contribution is 7.89. The Balaban J connectivity index is 1.90. The molecule has 1 saturated carbocycles. The fourth-order valence-corrected chi connectivity index (χ4v) is 4.44. The summed E-state index contributed by atoms with van der Waals surface area (Å²) >= 11 is 1.26. The van der Waals surface area contributed by atoms with Crippen LogP contribution in [-0.2, 0) is 16.6 Å². The average molecular weight is 304 g/mol. The van der Waals surface area contributed by atoms with Crippen molar-refractivity contribution in [2.24, 2.45) is 0 Å². The Morgan fingerprint density at radius 2 is 2.26 bits per heavy atom. The van der Waals surface area contributed by atoms with Crippen LogP contribution in [0.15, 0.2) is 16.3 Å². The van der Waals surface area contributed by atoms with E-state index in [-0.39, 0.29) is 11.5 Å². The smallest absolute Gasteiger partial charge is 0.241 e. The van der Waals surface area contributed by atoms with Crippen molar-refractivity contribution in [3.05, 3.63) is 16.3 Å². The first-order valence-corrected chi connectivity index (χ1v) is 8.85. The summed E-state index contributed by atoms with van der Waals surface area (Å²) in [6.07, 6.45) is 2.44. The molecule has 1 aromatic heterocycles. The number of likely N-dealkylation sites (N-methyl/N-ethyl adjacent to an activating group) is 1. The summed E-state index contributed by atoms with van der Waals surface area (Å²) in [7, 11) is -3.50. The molecule has 1 fully saturated rings. The lowest BCUT2D eigenvalue weighted by molar-refractivity contribution is 0.281. The molecule has 1 aliphatic carbocycles. The lowest BCUT2D eigenvalue weighted by Gasteiger charge is -2.19. The van der Waals surface area contributed by atoms with Gasteiger partial charge in [-0.2, -0.15) is 0 Å². The van der Waals surface area contributed by atoms with Gasteiger partial charge in [-0.25, -0.2) is 13.1 Å². The topological polar surface area (TPSA) is 69.6 Å². The van der Waals surface area contributed by atoms with E-state index in [0.29, 0.717) is 17.5 Å². The summed E-state index contributed by atoms with van der Waals surface area (Å²) in [5.41, 5.74) is 0. The maximum absolute atomic E-state index is 12.1. The van der Waals surface area contributed by atoms with Crippen molar-refractivity contribution in [3.8, 4) is 0 Å². The second kappa shape index (κ2) is 6.32. The van der Waals surface area contributed by atoms with E-state index >= 15 is 0 Å². The predicted molar refractivity (Wildman–Crippen MR) is 75.7 cm³/mol. The third-order valence-corrected chi connectivity index (χ3v) is 5.88. The van der Waals surface area contributed by atoms with E-state index in [1.54, 1.807) is 5.38 Å². The normalized spacial score (nSPS) is 16.2. The second-order valence-electron chi connectivity index (χ2n) is 4.62. The monoisotopic (exact) mass is 304 g/mol. The van der Waals surface area contributed by atoms with Crippen LogP contribution in [0.3, 0.4) is 0 Å². The predicted octanol–water partition coefficient (Wildman–Crippen LogP) is 1.00. The Labute approximate surface area is 118 Å². The first kappa shape index (κ1) is 14.9. The number of hydrogen-bond donors (Lipinski definition) is 2. The summed E-state index contributed by atoms with van der Waals surface area (Å²) in [6, 6.07) is 2.18. The minimum atomic E-state index is -3.50. The maximum atomic E-state index is 12.1. The highest BCUT2D eigenvalue weighted by Crippen LogP contribution is 2.26. The number of aliphatic hydroxyl groups excluding tert-OH is 1. The van der Waals surface area contributed by atoms with Gasteiger partial charge in [-0.15, -0.1) is 11.3 Å². The molecule has 0 radical (unpaired) electrons. The lowest BCUT2D eigenvalue weighted by Crippen LogP contribution is -2.36. The summed E-state index contributed by atoms with van der Waals surface area (Å²) < 4.78 is 26.8. The molecule has 5 nitrogen and oxygen atoms in total. The van der Waals surface area contributed by atoms with Crippen LogP contribution in [0.5, 0.6) is 0 Å². The van der Waals surface area contributed by atoms with Gasteiger partial charge in [0.1, 0.15) is 0 Å². The molecule has 0 spiro atoms. The summed E-state index contributed by atoms with van der Waals surface area (Å²) in [5, 5.41) is 10.8. The molecule has 108 valence electrons. The molecular weight excluding hydrogens is 284 g/mol. The minimum absolute atomic E-state index is 0.203. The number of nitrogens with one attached hydrogen (secondary N) is 1. The third kappa shape index (κ3) is 3.76. The Bertz CT molecular complexity index is 509. The quantitative estimate of drug-likeness (QED) is 0.752. The standard InChI is InChI=1S/C12H20N2O3S2/c1-2-14(10-3-4-10)7-6-13-19(16,17)12-5-8-18-11(12)9-15/h5,8,10,13,15H,2-4,6-7,9H2,1H3. The van der Waals surface area contributed by atoms with Crippen molar-refractivity contribution >= 4 is 21.4 Å². The number of hydrogen-bond acceptors (Lipinski definition) is 5. The summed E-state index contributed by atoms with van der Waals surface area (Å²) in [5.74, 6) is 0. The molecule has 2 N–H and O–H groups in total. The first-order chi connectivity index (χ1) is 9.08. The van der Waals surface area contributed by atoms with Crippen LogP contribution >= 0.6 is 11.3 Å². The molecule has 0 atom stereocenters. The third-order valence-electron chi connectivity index (χ3n) is 3.30. The SMILES string of the molecule is CCN(CCNS(=O)(=O)c1ccsc1CO)C1CC1. The molecule has 1 heterocycles.